The van der Waals surface area contributed by atoms with E-state index in [-0.39, 0.29) is 35.3 Å². The van der Waals surface area contributed by atoms with Crippen molar-refractivity contribution in [2.45, 2.75) is 27.2 Å². The maximum absolute atomic E-state index is 12.5. The highest BCUT2D eigenvalue weighted by Crippen LogP contribution is 2.24. The topological polar surface area (TPSA) is 82.2 Å². The van der Waals surface area contributed by atoms with Gasteiger partial charge in [0.05, 0.1) is 38.2 Å². The zero-order chi connectivity index (χ0) is 18.4. The Hall–Kier alpha value is -1.61. The Morgan fingerprint density at radius 1 is 1.15 bits per heavy atom. The van der Waals surface area contributed by atoms with Gasteiger partial charge in [-0.3, -0.25) is 9.59 Å². The van der Waals surface area contributed by atoms with Gasteiger partial charge in [-0.15, -0.1) is 0 Å². The highest BCUT2D eigenvalue weighted by molar-refractivity contribution is 6.01. The molecule has 6 nitrogen and oxygen atoms in total. The van der Waals surface area contributed by atoms with E-state index in [4.69, 9.17) is 0 Å². The number of aromatic hydroxyl groups is 1. The van der Waals surface area contributed by atoms with Crippen molar-refractivity contribution in [1.29, 1.82) is 0 Å². The molecule has 3 N–H and O–H groups in total. The number of rotatable bonds is 8. The Kier molecular flexibility index (Phi) is 8.55. The van der Waals surface area contributed by atoms with Crippen molar-refractivity contribution in [1.82, 2.24) is 10.3 Å². The number of carbonyl (C=O) groups excluding carboxylic acids is 1. The van der Waals surface area contributed by atoms with Gasteiger partial charge in [-0.25, -0.2) is 0 Å². The summed E-state index contributed by atoms with van der Waals surface area (Å²) in [6.07, 6.45) is 1.08. The summed E-state index contributed by atoms with van der Waals surface area (Å²) in [6.45, 7) is 10.8. The number of hydrogen-bond acceptors (Lipinski definition) is 3. The van der Waals surface area contributed by atoms with Crippen molar-refractivity contribution in [3.8, 4) is 5.75 Å². The van der Waals surface area contributed by atoms with E-state index < -0.39 is 11.5 Å². The minimum absolute atomic E-state index is 0. The van der Waals surface area contributed by atoms with Crippen LogP contribution in [-0.4, -0.2) is 53.2 Å². The second-order valence-electron chi connectivity index (χ2n) is 6.40. The molecule has 0 saturated carbocycles. The van der Waals surface area contributed by atoms with Crippen molar-refractivity contribution in [3.05, 3.63) is 40.2 Å². The predicted molar refractivity (Wildman–Crippen MR) is 99.9 cm³/mol. The highest BCUT2D eigenvalue weighted by Gasteiger charge is 2.23. The molecular formula is C19H28IN3O3. The lowest BCUT2D eigenvalue weighted by atomic mass is 10.1. The van der Waals surface area contributed by atoms with Gasteiger partial charge < -0.3 is 43.9 Å². The number of nitrogens with one attached hydrogen (secondary N) is 2. The van der Waals surface area contributed by atoms with E-state index in [0.29, 0.717) is 17.4 Å². The van der Waals surface area contributed by atoms with Gasteiger partial charge in [-0.2, -0.15) is 0 Å². The smallest absolute Gasteiger partial charge is 0.265 e. The van der Waals surface area contributed by atoms with Gasteiger partial charge in [0.25, 0.3) is 11.5 Å². The molecule has 0 saturated heterocycles. The number of carbonyl (C=O) groups is 1. The number of nitrogens with zero attached hydrogens (tertiary/aromatic N) is 1. The van der Waals surface area contributed by atoms with E-state index in [1.807, 2.05) is 0 Å². The number of hydrogen-bond donors (Lipinski definition) is 3. The summed E-state index contributed by atoms with van der Waals surface area (Å²) >= 11 is 0. The van der Waals surface area contributed by atoms with Gasteiger partial charge >= 0.3 is 0 Å². The molecule has 1 heterocycles. The Balaban J connectivity index is 0.00000338. The van der Waals surface area contributed by atoms with Crippen molar-refractivity contribution in [2.75, 3.05) is 32.7 Å². The molecule has 0 unspecified atom stereocenters. The summed E-state index contributed by atoms with van der Waals surface area (Å²) in [7, 11) is 0. The van der Waals surface area contributed by atoms with Crippen LogP contribution in [-0.2, 0) is 0 Å². The van der Waals surface area contributed by atoms with Crippen LogP contribution >= 0.6 is 0 Å². The monoisotopic (exact) mass is 473 g/mol. The fourth-order valence-corrected chi connectivity index (χ4v) is 3.37. The third-order valence-electron chi connectivity index (χ3n) is 5.03. The first-order chi connectivity index (χ1) is 12.0. The summed E-state index contributed by atoms with van der Waals surface area (Å²) in [5.41, 5.74) is -0.286. The number of para-hydroxylation sites is 1. The zero-order valence-corrected chi connectivity index (χ0v) is 17.8. The Morgan fingerprint density at radius 3 is 2.42 bits per heavy atom. The molecule has 0 atom stereocenters. The quantitative estimate of drug-likeness (QED) is 0.348. The molecule has 0 aliphatic heterocycles. The summed E-state index contributed by atoms with van der Waals surface area (Å²) in [4.78, 5) is 27.3. The lowest BCUT2D eigenvalue weighted by Gasteiger charge is -2.36. The lowest BCUT2D eigenvalue weighted by Crippen LogP contribution is -3.00. The van der Waals surface area contributed by atoms with Crippen LogP contribution in [0, 0.1) is 0 Å². The molecule has 1 amide bonds. The second-order valence-corrected chi connectivity index (χ2v) is 6.40. The van der Waals surface area contributed by atoms with Crippen molar-refractivity contribution >= 4 is 16.8 Å². The fourth-order valence-electron chi connectivity index (χ4n) is 3.37. The molecule has 26 heavy (non-hydrogen) atoms. The Morgan fingerprint density at radius 2 is 1.81 bits per heavy atom. The molecule has 0 aliphatic rings. The van der Waals surface area contributed by atoms with E-state index in [2.05, 4.69) is 31.1 Å². The summed E-state index contributed by atoms with van der Waals surface area (Å²) < 4.78 is 0.927. The van der Waals surface area contributed by atoms with Crippen LogP contribution in [0.25, 0.3) is 10.9 Å². The molecule has 1 aromatic heterocycles. The number of benzene rings is 1. The van der Waals surface area contributed by atoms with Gasteiger partial charge in [0, 0.05) is 5.39 Å². The standard InChI is InChI=1S/C19H27N3O3.HI/c1-4-12-22(5-2,6-3)13-11-20-18(24)16-17(23)14-9-7-8-10-15(14)21-19(16)25;/h7-10H,4-6,11-13H2,1-3H3,(H2-,20,21,23,24,25);1H. The van der Waals surface area contributed by atoms with Gasteiger partial charge in [-0.1, -0.05) is 19.1 Å². The minimum atomic E-state index is -0.575. The molecule has 144 valence electrons. The molecule has 0 spiro atoms. The maximum Gasteiger partial charge on any atom is 0.265 e. The Bertz CT molecular complexity index is 800. The van der Waals surface area contributed by atoms with Crippen molar-refractivity contribution in [2.24, 2.45) is 0 Å². The molecule has 7 heteroatoms. The van der Waals surface area contributed by atoms with Crippen LogP contribution in [0.3, 0.4) is 0 Å². The van der Waals surface area contributed by atoms with Crippen LogP contribution in [0.4, 0.5) is 0 Å². The average Bonchev–Trinajstić information content (AvgIpc) is 2.61. The number of aromatic nitrogens is 1. The van der Waals surface area contributed by atoms with E-state index in [9.17, 15) is 14.7 Å². The van der Waals surface area contributed by atoms with Crippen LogP contribution < -0.4 is 34.9 Å². The normalized spacial score (nSPS) is 11.2. The minimum Gasteiger partial charge on any atom is -1.00 e. The lowest BCUT2D eigenvalue weighted by molar-refractivity contribution is -0.923. The molecule has 2 rings (SSSR count). The van der Waals surface area contributed by atoms with Crippen LogP contribution in [0.5, 0.6) is 5.75 Å². The van der Waals surface area contributed by atoms with E-state index in [1.165, 1.54) is 0 Å². The molecule has 1 aromatic carbocycles. The van der Waals surface area contributed by atoms with Gasteiger partial charge in [-0.05, 0) is 32.4 Å². The first-order valence-electron chi connectivity index (χ1n) is 8.95. The summed E-state index contributed by atoms with van der Waals surface area (Å²) in [5.74, 6) is -0.802. The second kappa shape index (κ2) is 9.91. The number of quaternary nitrogens is 1. The van der Waals surface area contributed by atoms with Crippen molar-refractivity contribution < 1.29 is 38.4 Å². The van der Waals surface area contributed by atoms with Crippen LogP contribution in [0.2, 0.25) is 0 Å². The van der Waals surface area contributed by atoms with E-state index >= 15 is 0 Å². The number of fused-ring (bicyclic) bond motifs is 1. The number of amides is 1. The fraction of sp³-hybridized carbons (Fsp3) is 0.474. The van der Waals surface area contributed by atoms with E-state index in [0.717, 1.165) is 37.1 Å². The highest BCUT2D eigenvalue weighted by atomic mass is 127. The van der Waals surface area contributed by atoms with E-state index in [1.54, 1.807) is 24.3 Å². The van der Waals surface area contributed by atoms with Crippen molar-refractivity contribution in [3.63, 3.8) is 0 Å². The molecular weight excluding hydrogens is 445 g/mol. The molecule has 0 bridgehead atoms. The number of halogens is 1. The van der Waals surface area contributed by atoms with Gasteiger partial charge in [0.2, 0.25) is 0 Å². The molecule has 0 aliphatic carbocycles. The third-order valence-corrected chi connectivity index (χ3v) is 5.03. The zero-order valence-electron chi connectivity index (χ0n) is 15.6. The SMILES string of the molecule is CCC[N+](CC)(CC)CCNC(=O)c1c(O)c2ccccc2[nH]c1=O.[I-]. The number of aromatic amines is 1. The molecule has 2 aromatic rings. The summed E-state index contributed by atoms with van der Waals surface area (Å²) in [6, 6.07) is 6.88. The predicted octanol–water partition coefficient (Wildman–Crippen LogP) is -0.766. The summed E-state index contributed by atoms with van der Waals surface area (Å²) in [5, 5.41) is 13.6. The molecule has 0 radical (unpaired) electrons. The largest absolute Gasteiger partial charge is 1.00 e. The maximum atomic E-state index is 12.5. The first kappa shape index (κ1) is 22.4. The number of H-pyrrole nitrogens is 1. The number of likely N-dealkylation sites (N-methyl/N-ethyl adjacent to an activating group) is 1. The third kappa shape index (κ3) is 4.76. The Labute approximate surface area is 171 Å². The van der Waals surface area contributed by atoms with Crippen LogP contribution in [0.1, 0.15) is 37.6 Å². The average molecular weight is 473 g/mol. The van der Waals surface area contributed by atoms with Gasteiger partial charge in [0.15, 0.2) is 0 Å². The first-order valence-corrected chi connectivity index (χ1v) is 8.95. The van der Waals surface area contributed by atoms with Crippen LogP contribution in [0.15, 0.2) is 29.1 Å². The van der Waals surface area contributed by atoms with Gasteiger partial charge in [0.1, 0.15) is 11.3 Å². The number of pyridine rings is 1. The molecule has 0 fully saturated rings.